The molecule has 1 amide bonds. The fourth-order valence-corrected chi connectivity index (χ4v) is 5.14. The first-order valence-corrected chi connectivity index (χ1v) is 12.6. The van der Waals surface area contributed by atoms with Crippen molar-refractivity contribution in [2.45, 2.75) is 9.92 Å². The zero-order chi connectivity index (χ0) is 24.3. The Morgan fingerprint density at radius 1 is 0.914 bits per heavy atom. The Kier molecular flexibility index (Phi) is 6.28. The summed E-state index contributed by atoms with van der Waals surface area (Å²) in [5.41, 5.74) is 0. The van der Waals surface area contributed by atoms with Gasteiger partial charge in [0.05, 0.1) is 11.2 Å². The molecule has 9 nitrogen and oxygen atoms in total. The highest BCUT2D eigenvalue weighted by Crippen LogP contribution is 2.35. The van der Waals surface area contributed by atoms with Crippen LogP contribution in [0.4, 0.5) is 5.88 Å². The Balaban J connectivity index is 1.35. The number of nitrogens with zero attached hydrogens (tertiary/aromatic N) is 3. The Hall–Kier alpha value is -4.05. The van der Waals surface area contributed by atoms with Gasteiger partial charge in [-0.2, -0.15) is 4.98 Å². The maximum Gasteiger partial charge on any atom is 0.266 e. The minimum atomic E-state index is -3.95. The molecule has 0 atom stereocenters. The maximum absolute atomic E-state index is 13.4. The van der Waals surface area contributed by atoms with Crippen molar-refractivity contribution < 1.29 is 26.8 Å². The molecule has 3 heterocycles. The van der Waals surface area contributed by atoms with E-state index in [4.69, 9.17) is 13.6 Å². The van der Waals surface area contributed by atoms with Gasteiger partial charge in [-0.3, -0.25) is 4.79 Å². The number of carbonyl (C=O) groups is 1. The molecule has 0 bridgehead atoms. The van der Waals surface area contributed by atoms with E-state index in [1.807, 2.05) is 18.2 Å². The van der Waals surface area contributed by atoms with Crippen molar-refractivity contribution in [1.82, 2.24) is 9.88 Å². The van der Waals surface area contributed by atoms with E-state index >= 15 is 0 Å². The molecule has 5 rings (SSSR count). The van der Waals surface area contributed by atoms with E-state index in [0.29, 0.717) is 37.7 Å². The normalized spacial score (nSPS) is 14.2. The molecule has 0 unspecified atom stereocenters. The van der Waals surface area contributed by atoms with Gasteiger partial charge in [0.1, 0.15) is 5.75 Å². The second kappa shape index (κ2) is 9.67. The molecule has 2 aromatic heterocycles. The molecule has 0 radical (unpaired) electrons. The van der Waals surface area contributed by atoms with Gasteiger partial charge in [-0.1, -0.05) is 36.4 Å². The smallest absolute Gasteiger partial charge is 0.266 e. The highest BCUT2D eigenvalue weighted by atomic mass is 32.2. The van der Waals surface area contributed by atoms with Crippen molar-refractivity contribution in [3.8, 4) is 17.4 Å². The number of para-hydroxylation sites is 1. The molecule has 10 heteroatoms. The number of rotatable bonds is 7. The van der Waals surface area contributed by atoms with E-state index in [0.717, 1.165) is 0 Å². The van der Waals surface area contributed by atoms with Crippen molar-refractivity contribution in [1.29, 1.82) is 0 Å². The van der Waals surface area contributed by atoms with Gasteiger partial charge in [0, 0.05) is 26.2 Å². The number of furan rings is 1. The van der Waals surface area contributed by atoms with E-state index in [9.17, 15) is 13.2 Å². The number of aromatic nitrogens is 1. The molecule has 180 valence electrons. The fraction of sp³-hybridized carbons (Fsp3) is 0.200. The van der Waals surface area contributed by atoms with Crippen LogP contribution in [-0.4, -0.2) is 57.0 Å². The van der Waals surface area contributed by atoms with Crippen molar-refractivity contribution in [2.24, 2.45) is 0 Å². The summed E-state index contributed by atoms with van der Waals surface area (Å²) in [6.07, 6.45) is 1.46. The molecule has 2 aromatic carbocycles. The maximum atomic E-state index is 13.4. The summed E-state index contributed by atoms with van der Waals surface area (Å²) in [7, 11) is -3.95. The summed E-state index contributed by atoms with van der Waals surface area (Å²) >= 11 is 0. The van der Waals surface area contributed by atoms with Crippen LogP contribution in [0.15, 0.2) is 97.8 Å². The zero-order valence-corrected chi connectivity index (χ0v) is 19.6. The van der Waals surface area contributed by atoms with Gasteiger partial charge in [0.15, 0.2) is 12.4 Å². The van der Waals surface area contributed by atoms with Gasteiger partial charge in [-0.05, 0) is 36.4 Å². The third-order valence-corrected chi connectivity index (χ3v) is 7.31. The lowest BCUT2D eigenvalue weighted by Crippen LogP contribution is -2.50. The topological polar surface area (TPSA) is 106 Å². The Morgan fingerprint density at radius 2 is 1.60 bits per heavy atom. The molecule has 0 aliphatic carbocycles. The molecule has 1 aliphatic heterocycles. The Labute approximate surface area is 202 Å². The second-order valence-electron chi connectivity index (χ2n) is 7.89. The number of hydrogen-bond acceptors (Lipinski definition) is 8. The third-order valence-electron chi connectivity index (χ3n) is 5.64. The summed E-state index contributed by atoms with van der Waals surface area (Å²) in [5.74, 6) is 1.02. The van der Waals surface area contributed by atoms with Crippen LogP contribution in [0.5, 0.6) is 5.75 Å². The summed E-state index contributed by atoms with van der Waals surface area (Å²) in [5, 5.41) is -0.178. The van der Waals surface area contributed by atoms with Crippen LogP contribution in [0.1, 0.15) is 0 Å². The first kappa shape index (κ1) is 22.7. The molecule has 35 heavy (non-hydrogen) atoms. The predicted molar refractivity (Wildman–Crippen MR) is 127 cm³/mol. The molecule has 0 N–H and O–H groups in total. The minimum Gasteiger partial charge on any atom is -0.484 e. The molecule has 4 aromatic rings. The number of oxazole rings is 1. The van der Waals surface area contributed by atoms with Crippen LogP contribution in [0.25, 0.3) is 11.7 Å². The fourth-order valence-electron chi connectivity index (χ4n) is 3.80. The van der Waals surface area contributed by atoms with Gasteiger partial charge >= 0.3 is 0 Å². The zero-order valence-electron chi connectivity index (χ0n) is 18.7. The van der Waals surface area contributed by atoms with Gasteiger partial charge in [-0.15, -0.1) is 0 Å². The lowest BCUT2D eigenvalue weighted by atomic mass is 10.3. The summed E-state index contributed by atoms with van der Waals surface area (Å²) in [6, 6.07) is 20.6. The summed E-state index contributed by atoms with van der Waals surface area (Å²) in [4.78, 5) is 20.5. The number of piperazine rings is 1. The van der Waals surface area contributed by atoms with Crippen LogP contribution in [0, 0.1) is 0 Å². The number of ether oxygens (including phenoxy) is 1. The molecule has 1 fully saturated rings. The van der Waals surface area contributed by atoms with Crippen molar-refractivity contribution in [3.63, 3.8) is 0 Å². The van der Waals surface area contributed by atoms with Crippen molar-refractivity contribution >= 4 is 21.6 Å². The standard InChI is InChI=1S/C25H23N3O6S/c29-22(18-33-19-8-3-1-4-9-19)27-13-15-28(16-14-27)25-24(26-23(34-25)21-12-7-17-32-21)35(30,31)20-10-5-2-6-11-20/h1-12,17H,13-16,18H2. The molecular formula is C25H23N3O6S. The number of hydrogen-bond donors (Lipinski definition) is 0. The van der Waals surface area contributed by atoms with E-state index < -0.39 is 9.84 Å². The lowest BCUT2D eigenvalue weighted by Gasteiger charge is -2.34. The second-order valence-corrected chi connectivity index (χ2v) is 9.76. The highest BCUT2D eigenvalue weighted by molar-refractivity contribution is 7.91. The van der Waals surface area contributed by atoms with Crippen molar-refractivity contribution in [3.05, 3.63) is 79.1 Å². The van der Waals surface area contributed by atoms with E-state index in [1.54, 1.807) is 52.3 Å². The highest BCUT2D eigenvalue weighted by Gasteiger charge is 2.33. The molecular weight excluding hydrogens is 470 g/mol. The van der Waals surface area contributed by atoms with Gasteiger partial charge in [0.25, 0.3) is 11.8 Å². The van der Waals surface area contributed by atoms with E-state index in [2.05, 4.69) is 4.98 Å². The van der Waals surface area contributed by atoms with Crippen LogP contribution < -0.4 is 9.64 Å². The number of amides is 1. The van der Waals surface area contributed by atoms with Crippen LogP contribution in [0.2, 0.25) is 0 Å². The van der Waals surface area contributed by atoms with Crippen molar-refractivity contribution in [2.75, 3.05) is 37.7 Å². The van der Waals surface area contributed by atoms with Crippen LogP contribution in [0.3, 0.4) is 0 Å². The molecule has 0 spiro atoms. The first-order chi connectivity index (χ1) is 17.0. The number of anilines is 1. The SMILES string of the molecule is O=C(COc1ccccc1)N1CCN(c2oc(-c3ccco3)nc2S(=O)(=O)c2ccccc2)CC1. The average Bonchev–Trinajstić information content (AvgIpc) is 3.59. The van der Waals surface area contributed by atoms with Crippen LogP contribution >= 0.6 is 0 Å². The number of benzene rings is 2. The van der Waals surface area contributed by atoms with E-state index in [-0.39, 0.29) is 34.2 Å². The van der Waals surface area contributed by atoms with Gasteiger partial charge in [-0.25, -0.2) is 8.42 Å². The first-order valence-electron chi connectivity index (χ1n) is 11.1. The monoisotopic (exact) mass is 493 g/mol. The summed E-state index contributed by atoms with van der Waals surface area (Å²) in [6.45, 7) is 1.46. The molecule has 0 saturated carbocycles. The van der Waals surface area contributed by atoms with E-state index in [1.165, 1.54) is 18.4 Å². The van der Waals surface area contributed by atoms with Crippen LogP contribution in [-0.2, 0) is 14.6 Å². The largest absolute Gasteiger partial charge is 0.484 e. The lowest BCUT2D eigenvalue weighted by molar-refractivity contribution is -0.133. The Morgan fingerprint density at radius 3 is 2.26 bits per heavy atom. The summed E-state index contributed by atoms with van der Waals surface area (Å²) < 4.78 is 43.7. The average molecular weight is 494 g/mol. The quantitative estimate of drug-likeness (QED) is 0.385. The number of sulfone groups is 1. The number of carbonyl (C=O) groups excluding carboxylic acids is 1. The predicted octanol–water partition coefficient (Wildman–Crippen LogP) is 3.50. The van der Waals surface area contributed by atoms with Gasteiger partial charge in [0.2, 0.25) is 20.7 Å². The molecule has 1 aliphatic rings. The Bertz CT molecular complexity index is 1380. The van der Waals surface area contributed by atoms with Gasteiger partial charge < -0.3 is 23.4 Å². The third kappa shape index (κ3) is 4.78. The molecule has 1 saturated heterocycles. The minimum absolute atomic E-state index is 0.0669.